The molecule has 0 saturated heterocycles. The van der Waals surface area contributed by atoms with Gasteiger partial charge < -0.3 is 9.47 Å². The molecule has 3 rings (SSSR count). The Hall–Kier alpha value is -3.69. The monoisotopic (exact) mass is 415 g/mol. The van der Waals surface area contributed by atoms with Gasteiger partial charge in [0, 0.05) is 24.4 Å². The van der Waals surface area contributed by atoms with Crippen LogP contribution < -0.4 is 0 Å². The van der Waals surface area contributed by atoms with Crippen molar-refractivity contribution in [3.63, 3.8) is 0 Å². The van der Waals surface area contributed by atoms with Gasteiger partial charge in [-0.3, -0.25) is 0 Å². The van der Waals surface area contributed by atoms with Crippen molar-refractivity contribution < 1.29 is 14.3 Å². The van der Waals surface area contributed by atoms with Gasteiger partial charge in [-0.1, -0.05) is 42.0 Å². The lowest BCUT2D eigenvalue weighted by atomic mass is 10.00. The van der Waals surface area contributed by atoms with Gasteiger partial charge >= 0.3 is 5.97 Å². The smallest absolute Gasteiger partial charge is 0.349 e. The minimum absolute atomic E-state index is 0.0958. The number of hydrogen-bond donors (Lipinski definition) is 0. The maximum absolute atomic E-state index is 12.5. The summed E-state index contributed by atoms with van der Waals surface area (Å²) in [5.41, 5.74) is 5.27. The Balaban J connectivity index is 2.09. The predicted molar refractivity (Wildman–Crippen MR) is 119 cm³/mol. The molecule has 0 saturated carbocycles. The maximum Gasteiger partial charge on any atom is 0.349 e. The fraction of sp³-hybridized carbons (Fsp3) is 0.240. The average molecular weight is 415 g/mol. The quantitative estimate of drug-likeness (QED) is 0.319. The van der Waals surface area contributed by atoms with Crippen LogP contribution in [0.2, 0.25) is 0 Å². The number of para-hydroxylation sites is 1. The fourth-order valence-electron chi connectivity index (χ4n) is 3.30. The minimum atomic E-state index is -0.689. The summed E-state index contributed by atoms with van der Waals surface area (Å²) in [7, 11) is 1.53. The molecule has 0 unspecified atom stereocenters. The Labute approximate surface area is 182 Å². The molecule has 1 aromatic heterocycles. The molecule has 0 fully saturated rings. The van der Waals surface area contributed by atoms with Crippen molar-refractivity contribution in [2.24, 2.45) is 0 Å². The van der Waals surface area contributed by atoms with Gasteiger partial charge in [-0.15, -0.1) is 0 Å². The molecule has 31 heavy (non-hydrogen) atoms. The number of nitrogens with zero attached hydrogens (tertiary/aromatic N) is 3. The Bertz CT molecular complexity index is 1140. The molecule has 0 aliphatic heterocycles. The summed E-state index contributed by atoms with van der Waals surface area (Å²) in [6, 6.07) is 17.7. The highest BCUT2D eigenvalue weighted by molar-refractivity contribution is 5.99. The first-order chi connectivity index (χ1) is 14.9. The first kappa shape index (κ1) is 22.0. The molecular formula is C25H25N3O3. The lowest BCUT2D eigenvalue weighted by Crippen LogP contribution is -2.20. The van der Waals surface area contributed by atoms with E-state index in [2.05, 4.69) is 6.07 Å². The molecule has 158 valence electrons. The minimum Gasteiger partial charge on any atom is -0.456 e. The van der Waals surface area contributed by atoms with Crippen molar-refractivity contribution in [3.05, 3.63) is 77.0 Å². The second-order valence-corrected chi connectivity index (χ2v) is 7.37. The van der Waals surface area contributed by atoms with E-state index < -0.39 is 12.1 Å². The molecule has 0 amide bonds. The van der Waals surface area contributed by atoms with E-state index in [0.29, 0.717) is 11.3 Å². The second kappa shape index (κ2) is 9.88. The van der Waals surface area contributed by atoms with Crippen LogP contribution in [-0.4, -0.2) is 35.6 Å². The highest BCUT2D eigenvalue weighted by Gasteiger charge is 2.18. The van der Waals surface area contributed by atoms with Crippen LogP contribution in [0.1, 0.15) is 23.6 Å². The molecule has 0 radical (unpaired) electrons. The van der Waals surface area contributed by atoms with Crippen molar-refractivity contribution in [1.29, 1.82) is 5.26 Å². The first-order valence-electron chi connectivity index (χ1n) is 9.97. The maximum atomic E-state index is 12.5. The molecule has 0 aliphatic rings. The second-order valence-electron chi connectivity index (χ2n) is 7.37. The molecule has 0 aliphatic carbocycles. The van der Waals surface area contributed by atoms with Gasteiger partial charge in [-0.05, 0) is 44.5 Å². The number of carbonyl (C=O) groups excluding carboxylic acids is 1. The molecule has 6 nitrogen and oxygen atoms in total. The molecule has 3 aromatic rings. The molecule has 0 bridgehead atoms. The molecule has 2 aromatic carbocycles. The van der Waals surface area contributed by atoms with Gasteiger partial charge in [-0.2, -0.15) is 10.4 Å². The number of ether oxygens (including phenoxy) is 2. The van der Waals surface area contributed by atoms with Crippen LogP contribution >= 0.6 is 0 Å². The summed E-state index contributed by atoms with van der Waals surface area (Å²) < 4.78 is 12.1. The number of aromatic nitrogens is 2. The van der Waals surface area contributed by atoms with Crippen LogP contribution in [0, 0.1) is 25.2 Å². The summed E-state index contributed by atoms with van der Waals surface area (Å²) >= 11 is 0. The lowest BCUT2D eigenvalue weighted by Gasteiger charge is -2.11. The Morgan fingerprint density at radius 1 is 1.23 bits per heavy atom. The normalized spacial score (nSPS) is 12.3. The van der Waals surface area contributed by atoms with E-state index in [1.165, 1.54) is 13.2 Å². The summed E-state index contributed by atoms with van der Waals surface area (Å²) in [4.78, 5) is 12.5. The Morgan fingerprint density at radius 2 is 1.97 bits per heavy atom. The largest absolute Gasteiger partial charge is 0.456 e. The molecule has 1 atom stereocenters. The summed E-state index contributed by atoms with van der Waals surface area (Å²) in [5, 5.41) is 14.4. The third kappa shape index (κ3) is 5.27. The number of esters is 1. The number of methoxy groups -OCH3 is 1. The number of carbonyl (C=O) groups is 1. The number of nitriles is 1. The van der Waals surface area contributed by atoms with E-state index in [1.807, 2.05) is 68.6 Å². The summed E-state index contributed by atoms with van der Waals surface area (Å²) in [6.45, 7) is 6.02. The highest BCUT2D eigenvalue weighted by Crippen LogP contribution is 2.29. The molecule has 1 heterocycles. The van der Waals surface area contributed by atoms with Crippen LogP contribution in [0.3, 0.4) is 0 Å². The molecular weight excluding hydrogens is 390 g/mol. The van der Waals surface area contributed by atoms with E-state index in [0.717, 1.165) is 22.4 Å². The molecule has 6 heteroatoms. The van der Waals surface area contributed by atoms with Crippen molar-refractivity contribution in [2.75, 3.05) is 13.7 Å². The van der Waals surface area contributed by atoms with Crippen LogP contribution in [-0.2, 0) is 14.3 Å². The first-order valence-corrected chi connectivity index (χ1v) is 9.97. The van der Waals surface area contributed by atoms with Crippen LogP contribution in [0.15, 0.2) is 60.3 Å². The van der Waals surface area contributed by atoms with Crippen LogP contribution in [0.25, 0.3) is 23.0 Å². The van der Waals surface area contributed by atoms with Crippen molar-refractivity contribution in [3.8, 4) is 23.0 Å². The van der Waals surface area contributed by atoms with Gasteiger partial charge in [0.05, 0.1) is 12.3 Å². The van der Waals surface area contributed by atoms with Crippen molar-refractivity contribution in [1.82, 2.24) is 9.78 Å². The average Bonchev–Trinajstić information content (AvgIpc) is 3.16. The third-order valence-corrected chi connectivity index (χ3v) is 4.75. The number of aryl methyl sites for hydroxylation is 2. The van der Waals surface area contributed by atoms with Crippen LogP contribution in [0.4, 0.5) is 0 Å². The number of benzene rings is 2. The predicted octanol–water partition coefficient (Wildman–Crippen LogP) is 4.64. The van der Waals surface area contributed by atoms with E-state index >= 15 is 0 Å². The zero-order valence-electron chi connectivity index (χ0n) is 18.1. The fourth-order valence-corrected chi connectivity index (χ4v) is 3.30. The van der Waals surface area contributed by atoms with Gasteiger partial charge in [0.15, 0.2) is 0 Å². The Kier molecular flexibility index (Phi) is 7.01. The number of hydrogen-bond acceptors (Lipinski definition) is 5. The van der Waals surface area contributed by atoms with Crippen LogP contribution in [0.5, 0.6) is 0 Å². The standard InChI is InChI=1S/C25H25N3O3/c1-17-10-11-23(18(2)12-17)24-21(15-28(27-24)22-8-6-5-7-9-22)13-20(14-26)25(29)31-19(3)16-30-4/h5-13,15,19H,16H2,1-4H3/b20-13+/t19-/m0/s1. The van der Waals surface area contributed by atoms with Crippen molar-refractivity contribution in [2.45, 2.75) is 26.9 Å². The molecule has 0 N–H and O–H groups in total. The van der Waals surface area contributed by atoms with E-state index in [-0.39, 0.29) is 12.2 Å². The third-order valence-electron chi connectivity index (χ3n) is 4.75. The van der Waals surface area contributed by atoms with E-state index in [9.17, 15) is 10.1 Å². The topological polar surface area (TPSA) is 77.1 Å². The van der Waals surface area contributed by atoms with Crippen molar-refractivity contribution >= 4 is 12.0 Å². The summed E-state index contributed by atoms with van der Waals surface area (Å²) in [5.74, 6) is -0.689. The lowest BCUT2D eigenvalue weighted by molar-refractivity contribution is -0.145. The van der Waals surface area contributed by atoms with Gasteiger partial charge in [-0.25, -0.2) is 9.48 Å². The van der Waals surface area contributed by atoms with E-state index in [4.69, 9.17) is 14.6 Å². The highest BCUT2D eigenvalue weighted by atomic mass is 16.6. The number of rotatable bonds is 7. The van der Waals surface area contributed by atoms with Gasteiger partial charge in [0.2, 0.25) is 0 Å². The van der Waals surface area contributed by atoms with Gasteiger partial charge in [0.25, 0.3) is 0 Å². The Morgan fingerprint density at radius 3 is 2.61 bits per heavy atom. The summed E-state index contributed by atoms with van der Waals surface area (Å²) in [6.07, 6.45) is 2.89. The van der Waals surface area contributed by atoms with Gasteiger partial charge in [0.1, 0.15) is 23.4 Å². The zero-order valence-corrected chi connectivity index (χ0v) is 18.1. The SMILES string of the molecule is COC[C@H](C)OC(=O)/C(C#N)=C/c1cn(-c2ccccc2)nc1-c1ccc(C)cc1C. The van der Waals surface area contributed by atoms with E-state index in [1.54, 1.807) is 11.6 Å². The molecule has 0 spiro atoms. The zero-order chi connectivity index (χ0) is 22.4.